The molecule has 1 heterocycles. The van der Waals surface area contributed by atoms with Crippen LogP contribution < -0.4 is 0 Å². The molecule has 2 aromatic carbocycles. The van der Waals surface area contributed by atoms with Crippen LogP contribution in [0.4, 0.5) is 0 Å². The lowest BCUT2D eigenvalue weighted by Gasteiger charge is -2.15. The molecule has 0 spiro atoms. The zero-order valence-corrected chi connectivity index (χ0v) is 13.7. The number of benzene rings is 2. The number of fused-ring (bicyclic) bond motifs is 1. The summed E-state index contributed by atoms with van der Waals surface area (Å²) in [6, 6.07) is 17.0. The number of hydrogen-bond acceptors (Lipinski definition) is 2. The number of halogens is 1. The van der Waals surface area contributed by atoms with Crippen molar-refractivity contribution in [3.05, 3.63) is 64.7 Å². The second-order valence-corrected chi connectivity index (χ2v) is 6.75. The standard InChI is InChI=1S/C17H16BrNS/c1-12-6-2-3-7-14(12)13(11-18)10-17-19-15-8-4-5-9-16(15)20-17/h2-9,13H,10-11H2,1H3. The zero-order chi connectivity index (χ0) is 13.9. The van der Waals surface area contributed by atoms with E-state index in [1.54, 1.807) is 0 Å². The van der Waals surface area contributed by atoms with E-state index < -0.39 is 0 Å². The minimum Gasteiger partial charge on any atom is -0.241 e. The van der Waals surface area contributed by atoms with Crippen LogP contribution in [0.1, 0.15) is 22.1 Å². The fraction of sp³-hybridized carbons (Fsp3) is 0.235. The van der Waals surface area contributed by atoms with Crippen molar-refractivity contribution in [3.8, 4) is 0 Å². The van der Waals surface area contributed by atoms with E-state index in [0.29, 0.717) is 5.92 Å². The van der Waals surface area contributed by atoms with Gasteiger partial charge in [-0.15, -0.1) is 11.3 Å². The third kappa shape index (κ3) is 2.79. The Balaban J connectivity index is 1.90. The van der Waals surface area contributed by atoms with E-state index in [0.717, 1.165) is 17.3 Å². The van der Waals surface area contributed by atoms with Crippen LogP contribution in [0.3, 0.4) is 0 Å². The molecule has 0 saturated heterocycles. The van der Waals surface area contributed by atoms with Crippen LogP contribution in [0.5, 0.6) is 0 Å². The molecule has 0 aliphatic rings. The highest BCUT2D eigenvalue weighted by atomic mass is 79.9. The highest BCUT2D eigenvalue weighted by molar-refractivity contribution is 9.09. The van der Waals surface area contributed by atoms with Crippen molar-refractivity contribution in [2.45, 2.75) is 19.3 Å². The van der Waals surface area contributed by atoms with Crippen LogP contribution in [-0.4, -0.2) is 10.3 Å². The number of nitrogens with zero attached hydrogens (tertiary/aromatic N) is 1. The molecule has 3 heteroatoms. The number of hydrogen-bond donors (Lipinski definition) is 0. The number of rotatable bonds is 4. The third-order valence-corrected chi connectivity index (χ3v) is 5.41. The largest absolute Gasteiger partial charge is 0.241 e. The predicted octanol–water partition coefficient (Wildman–Crippen LogP) is 5.33. The summed E-state index contributed by atoms with van der Waals surface area (Å²) in [4.78, 5) is 4.75. The summed E-state index contributed by atoms with van der Waals surface area (Å²) in [6.07, 6.45) is 0.995. The van der Waals surface area contributed by atoms with E-state index in [2.05, 4.69) is 71.4 Å². The number of para-hydroxylation sites is 1. The third-order valence-electron chi connectivity index (χ3n) is 3.57. The first-order valence-corrected chi connectivity index (χ1v) is 8.67. The maximum atomic E-state index is 4.75. The molecule has 20 heavy (non-hydrogen) atoms. The Labute approximate surface area is 131 Å². The van der Waals surface area contributed by atoms with E-state index in [9.17, 15) is 0 Å². The minimum absolute atomic E-state index is 0.483. The molecule has 102 valence electrons. The van der Waals surface area contributed by atoms with Crippen molar-refractivity contribution in [1.82, 2.24) is 4.98 Å². The smallest absolute Gasteiger partial charge is 0.0945 e. The molecular weight excluding hydrogens is 330 g/mol. The van der Waals surface area contributed by atoms with Gasteiger partial charge in [0.25, 0.3) is 0 Å². The highest BCUT2D eigenvalue weighted by Crippen LogP contribution is 2.29. The molecule has 0 radical (unpaired) electrons. The maximum Gasteiger partial charge on any atom is 0.0945 e. The molecule has 1 atom stereocenters. The van der Waals surface area contributed by atoms with Gasteiger partial charge in [0.05, 0.1) is 15.2 Å². The molecule has 3 rings (SSSR count). The second-order valence-electron chi connectivity index (χ2n) is 4.99. The first-order chi connectivity index (χ1) is 9.78. The Bertz CT molecular complexity index is 687. The van der Waals surface area contributed by atoms with Crippen LogP contribution in [0, 0.1) is 6.92 Å². The predicted molar refractivity (Wildman–Crippen MR) is 91.0 cm³/mol. The van der Waals surface area contributed by atoms with Crippen LogP contribution in [0.15, 0.2) is 48.5 Å². The summed E-state index contributed by atoms with van der Waals surface area (Å²) < 4.78 is 1.28. The Morgan fingerprint density at radius 1 is 1.10 bits per heavy atom. The number of aryl methyl sites for hydroxylation is 1. The van der Waals surface area contributed by atoms with Crippen molar-refractivity contribution in [2.75, 3.05) is 5.33 Å². The molecule has 0 saturated carbocycles. The van der Waals surface area contributed by atoms with Gasteiger partial charge in [0, 0.05) is 17.7 Å². The van der Waals surface area contributed by atoms with Crippen molar-refractivity contribution < 1.29 is 0 Å². The van der Waals surface area contributed by atoms with Gasteiger partial charge in [-0.1, -0.05) is 52.3 Å². The normalized spacial score (nSPS) is 12.7. The molecule has 1 aromatic heterocycles. The van der Waals surface area contributed by atoms with Crippen LogP contribution in [0.2, 0.25) is 0 Å². The fourth-order valence-electron chi connectivity index (χ4n) is 2.51. The number of alkyl halides is 1. The molecule has 0 bridgehead atoms. The average Bonchev–Trinajstić information content (AvgIpc) is 2.88. The quantitative estimate of drug-likeness (QED) is 0.582. The summed E-state index contributed by atoms with van der Waals surface area (Å²) in [7, 11) is 0. The Morgan fingerprint density at radius 3 is 2.60 bits per heavy atom. The van der Waals surface area contributed by atoms with E-state index in [1.165, 1.54) is 20.8 Å². The van der Waals surface area contributed by atoms with Crippen LogP contribution in [-0.2, 0) is 6.42 Å². The first kappa shape index (κ1) is 13.8. The maximum absolute atomic E-state index is 4.75. The summed E-state index contributed by atoms with van der Waals surface area (Å²) in [5.74, 6) is 0.483. The Hall–Kier alpha value is -1.19. The number of aromatic nitrogens is 1. The monoisotopic (exact) mass is 345 g/mol. The van der Waals surface area contributed by atoms with Gasteiger partial charge in [0.2, 0.25) is 0 Å². The molecule has 3 aromatic rings. The highest BCUT2D eigenvalue weighted by Gasteiger charge is 2.15. The summed E-state index contributed by atoms with van der Waals surface area (Å²) in [5, 5.41) is 2.19. The Morgan fingerprint density at radius 2 is 1.85 bits per heavy atom. The van der Waals surface area contributed by atoms with Gasteiger partial charge < -0.3 is 0 Å². The minimum atomic E-state index is 0.483. The van der Waals surface area contributed by atoms with Crippen molar-refractivity contribution >= 4 is 37.5 Å². The van der Waals surface area contributed by atoms with Gasteiger partial charge in [0.15, 0.2) is 0 Å². The topological polar surface area (TPSA) is 12.9 Å². The molecule has 1 nitrogen and oxygen atoms in total. The van der Waals surface area contributed by atoms with E-state index in [-0.39, 0.29) is 0 Å². The summed E-state index contributed by atoms with van der Waals surface area (Å²) in [6.45, 7) is 2.18. The summed E-state index contributed by atoms with van der Waals surface area (Å²) >= 11 is 5.47. The fourth-order valence-corrected chi connectivity index (χ4v) is 4.14. The van der Waals surface area contributed by atoms with Crippen molar-refractivity contribution in [1.29, 1.82) is 0 Å². The molecule has 1 unspecified atom stereocenters. The molecular formula is C17H16BrNS. The van der Waals surface area contributed by atoms with Gasteiger partial charge in [-0.2, -0.15) is 0 Å². The lowest BCUT2D eigenvalue weighted by Crippen LogP contribution is -2.06. The Kier molecular flexibility index (Phi) is 4.18. The molecule has 0 N–H and O–H groups in total. The lowest BCUT2D eigenvalue weighted by molar-refractivity contribution is 0.765. The van der Waals surface area contributed by atoms with E-state index >= 15 is 0 Å². The van der Waals surface area contributed by atoms with Crippen molar-refractivity contribution in [2.24, 2.45) is 0 Å². The zero-order valence-electron chi connectivity index (χ0n) is 11.3. The van der Waals surface area contributed by atoms with Gasteiger partial charge in [0.1, 0.15) is 0 Å². The van der Waals surface area contributed by atoms with Gasteiger partial charge in [-0.3, -0.25) is 0 Å². The van der Waals surface area contributed by atoms with Crippen molar-refractivity contribution in [3.63, 3.8) is 0 Å². The first-order valence-electron chi connectivity index (χ1n) is 6.74. The number of thiazole rings is 1. The van der Waals surface area contributed by atoms with Gasteiger partial charge >= 0.3 is 0 Å². The molecule has 0 amide bonds. The lowest BCUT2D eigenvalue weighted by atomic mass is 9.94. The van der Waals surface area contributed by atoms with Crippen LogP contribution in [0.25, 0.3) is 10.2 Å². The van der Waals surface area contributed by atoms with E-state index in [1.807, 2.05) is 11.3 Å². The molecule has 0 aliphatic carbocycles. The average molecular weight is 346 g/mol. The van der Waals surface area contributed by atoms with Gasteiger partial charge in [-0.05, 0) is 30.2 Å². The van der Waals surface area contributed by atoms with E-state index in [4.69, 9.17) is 4.98 Å². The SMILES string of the molecule is Cc1ccccc1C(CBr)Cc1nc2ccccc2s1. The van der Waals surface area contributed by atoms with Crippen LogP contribution >= 0.6 is 27.3 Å². The summed E-state index contributed by atoms with van der Waals surface area (Å²) in [5.41, 5.74) is 3.90. The van der Waals surface area contributed by atoms with Gasteiger partial charge in [-0.25, -0.2) is 4.98 Å². The molecule has 0 fully saturated rings. The molecule has 0 aliphatic heterocycles. The second kappa shape index (κ2) is 6.06.